The van der Waals surface area contributed by atoms with Crippen molar-refractivity contribution in [2.75, 3.05) is 19.6 Å². The molecule has 0 spiro atoms. The number of hydrogen-bond acceptors (Lipinski definition) is 3. The smallest absolute Gasteiger partial charge is 0.261 e. The topological polar surface area (TPSA) is 40.6 Å². The third-order valence-electron chi connectivity index (χ3n) is 5.52. The number of rotatable bonds is 2. The van der Waals surface area contributed by atoms with Crippen molar-refractivity contribution in [1.29, 1.82) is 0 Å². The Morgan fingerprint density at radius 2 is 1.59 bits per heavy atom. The minimum absolute atomic E-state index is 0.103. The van der Waals surface area contributed by atoms with Crippen LogP contribution < -0.4 is 0 Å². The van der Waals surface area contributed by atoms with Crippen LogP contribution in [0.5, 0.6) is 0 Å². The number of imide groups is 1. The van der Waals surface area contributed by atoms with Crippen molar-refractivity contribution >= 4 is 11.8 Å². The molecule has 2 saturated heterocycles. The molecule has 0 saturated carbocycles. The standard InChI is InChI=1S/C18H22N2O2/c21-17-14-7-1-2-8-15(14)18(22)20(17)12-13-6-5-11-19-10-4-3-9-16(13)19/h1-2,7-8,13,16H,3-6,9-12H2/t13-,16+/m1/s1. The number of benzene rings is 1. The van der Waals surface area contributed by atoms with Crippen LogP contribution in [0.3, 0.4) is 0 Å². The first kappa shape index (κ1) is 13.9. The molecule has 22 heavy (non-hydrogen) atoms. The number of nitrogens with zero attached hydrogens (tertiary/aromatic N) is 2. The quantitative estimate of drug-likeness (QED) is 0.788. The van der Waals surface area contributed by atoms with E-state index in [0.717, 1.165) is 6.42 Å². The Bertz CT molecular complexity index is 576. The number of amides is 2. The van der Waals surface area contributed by atoms with E-state index in [4.69, 9.17) is 0 Å². The SMILES string of the molecule is O=C1c2ccccc2C(=O)N1C[C@H]1CCCN2CCCC[C@@H]12. The van der Waals surface area contributed by atoms with Gasteiger partial charge in [-0.25, -0.2) is 0 Å². The van der Waals surface area contributed by atoms with Crippen LogP contribution in [0.1, 0.15) is 52.8 Å². The maximum absolute atomic E-state index is 12.5. The molecule has 116 valence electrons. The summed E-state index contributed by atoms with van der Waals surface area (Å²) in [5.74, 6) is 0.235. The maximum Gasteiger partial charge on any atom is 0.261 e. The van der Waals surface area contributed by atoms with E-state index in [2.05, 4.69) is 4.90 Å². The molecule has 2 fully saturated rings. The van der Waals surface area contributed by atoms with Crippen molar-refractivity contribution in [3.05, 3.63) is 35.4 Å². The molecule has 2 atom stereocenters. The van der Waals surface area contributed by atoms with Crippen molar-refractivity contribution in [3.63, 3.8) is 0 Å². The van der Waals surface area contributed by atoms with Crippen molar-refractivity contribution in [1.82, 2.24) is 9.80 Å². The molecule has 0 N–H and O–H groups in total. The van der Waals surface area contributed by atoms with Crippen molar-refractivity contribution in [2.24, 2.45) is 5.92 Å². The van der Waals surface area contributed by atoms with Gasteiger partial charge in [-0.05, 0) is 56.8 Å². The third kappa shape index (κ3) is 2.17. The van der Waals surface area contributed by atoms with E-state index >= 15 is 0 Å². The molecule has 0 unspecified atom stereocenters. The van der Waals surface area contributed by atoms with E-state index in [-0.39, 0.29) is 11.8 Å². The molecule has 0 aromatic heterocycles. The van der Waals surface area contributed by atoms with E-state index < -0.39 is 0 Å². The zero-order chi connectivity index (χ0) is 15.1. The van der Waals surface area contributed by atoms with Crippen molar-refractivity contribution in [3.8, 4) is 0 Å². The average Bonchev–Trinajstić information content (AvgIpc) is 2.81. The van der Waals surface area contributed by atoms with Gasteiger partial charge in [-0.2, -0.15) is 0 Å². The van der Waals surface area contributed by atoms with Gasteiger partial charge in [0, 0.05) is 12.6 Å². The Balaban J connectivity index is 1.54. The van der Waals surface area contributed by atoms with Crippen LogP contribution in [-0.4, -0.2) is 47.3 Å². The van der Waals surface area contributed by atoms with E-state index in [1.54, 1.807) is 12.1 Å². The van der Waals surface area contributed by atoms with Crippen LogP contribution in [-0.2, 0) is 0 Å². The Kier molecular flexibility index (Phi) is 3.49. The van der Waals surface area contributed by atoms with E-state index in [1.807, 2.05) is 12.1 Å². The van der Waals surface area contributed by atoms with Crippen LogP contribution in [0, 0.1) is 5.92 Å². The van der Waals surface area contributed by atoms with Crippen LogP contribution in [0.4, 0.5) is 0 Å². The van der Waals surface area contributed by atoms with Gasteiger partial charge in [-0.1, -0.05) is 18.6 Å². The molecule has 3 aliphatic heterocycles. The van der Waals surface area contributed by atoms with Gasteiger partial charge >= 0.3 is 0 Å². The Hall–Kier alpha value is -1.68. The number of hydrogen-bond donors (Lipinski definition) is 0. The second-order valence-corrected chi connectivity index (χ2v) is 6.77. The zero-order valence-electron chi connectivity index (χ0n) is 12.8. The van der Waals surface area contributed by atoms with E-state index in [0.29, 0.717) is 29.6 Å². The van der Waals surface area contributed by atoms with Gasteiger partial charge in [0.1, 0.15) is 0 Å². The number of carbonyl (C=O) groups excluding carboxylic acids is 2. The minimum atomic E-state index is -0.103. The Morgan fingerprint density at radius 1 is 0.909 bits per heavy atom. The highest BCUT2D eigenvalue weighted by Gasteiger charge is 2.40. The van der Waals surface area contributed by atoms with E-state index in [1.165, 1.54) is 43.7 Å². The Morgan fingerprint density at radius 3 is 2.32 bits per heavy atom. The Labute approximate surface area is 131 Å². The fraction of sp³-hybridized carbons (Fsp3) is 0.556. The molecule has 3 heterocycles. The van der Waals surface area contributed by atoms with Gasteiger partial charge in [0.15, 0.2) is 0 Å². The summed E-state index contributed by atoms with van der Waals surface area (Å²) in [6.07, 6.45) is 6.10. The molecule has 4 nitrogen and oxygen atoms in total. The van der Waals surface area contributed by atoms with Gasteiger partial charge in [-0.15, -0.1) is 0 Å². The number of piperidine rings is 2. The molecule has 4 rings (SSSR count). The normalized spacial score (nSPS) is 28.6. The maximum atomic E-state index is 12.5. The third-order valence-corrected chi connectivity index (χ3v) is 5.52. The highest BCUT2D eigenvalue weighted by Crippen LogP contribution is 2.33. The first-order valence-electron chi connectivity index (χ1n) is 8.45. The average molecular weight is 298 g/mol. The summed E-state index contributed by atoms with van der Waals surface area (Å²) in [6, 6.07) is 7.76. The molecule has 2 amide bonds. The van der Waals surface area contributed by atoms with Crippen LogP contribution in [0.25, 0.3) is 0 Å². The van der Waals surface area contributed by atoms with Crippen LogP contribution in [0.2, 0.25) is 0 Å². The lowest BCUT2D eigenvalue weighted by atomic mass is 9.83. The molecule has 1 aromatic rings. The lowest BCUT2D eigenvalue weighted by Crippen LogP contribution is -2.51. The molecular weight excluding hydrogens is 276 g/mol. The molecule has 0 radical (unpaired) electrons. The van der Waals surface area contributed by atoms with Gasteiger partial charge in [0.25, 0.3) is 11.8 Å². The van der Waals surface area contributed by atoms with Gasteiger partial charge < -0.3 is 4.90 Å². The summed E-state index contributed by atoms with van der Waals surface area (Å²) in [6.45, 7) is 2.96. The van der Waals surface area contributed by atoms with Crippen molar-refractivity contribution < 1.29 is 9.59 Å². The largest absolute Gasteiger partial charge is 0.300 e. The number of carbonyl (C=O) groups is 2. The van der Waals surface area contributed by atoms with Gasteiger partial charge in [0.2, 0.25) is 0 Å². The molecule has 4 heteroatoms. The summed E-state index contributed by atoms with van der Waals surface area (Å²) < 4.78 is 0. The molecule has 0 bridgehead atoms. The van der Waals surface area contributed by atoms with Gasteiger partial charge in [0.05, 0.1) is 11.1 Å². The first-order chi connectivity index (χ1) is 10.8. The molecule has 1 aromatic carbocycles. The highest BCUT2D eigenvalue weighted by molar-refractivity contribution is 6.21. The fourth-order valence-electron chi connectivity index (χ4n) is 4.43. The molecular formula is C18H22N2O2. The lowest BCUT2D eigenvalue weighted by molar-refractivity contribution is 0.0353. The summed E-state index contributed by atoms with van der Waals surface area (Å²) in [4.78, 5) is 29.1. The molecule has 3 aliphatic rings. The predicted molar refractivity (Wildman–Crippen MR) is 83.7 cm³/mol. The molecule has 0 aliphatic carbocycles. The first-order valence-corrected chi connectivity index (χ1v) is 8.45. The summed E-state index contributed by atoms with van der Waals surface area (Å²) >= 11 is 0. The zero-order valence-corrected chi connectivity index (χ0v) is 12.8. The van der Waals surface area contributed by atoms with Gasteiger partial charge in [-0.3, -0.25) is 14.5 Å². The predicted octanol–water partition coefficient (Wildman–Crippen LogP) is 2.55. The lowest BCUT2D eigenvalue weighted by Gasteiger charge is -2.45. The van der Waals surface area contributed by atoms with Crippen LogP contribution in [0.15, 0.2) is 24.3 Å². The minimum Gasteiger partial charge on any atom is -0.300 e. The second kappa shape index (κ2) is 5.51. The second-order valence-electron chi connectivity index (χ2n) is 6.77. The summed E-state index contributed by atoms with van der Waals surface area (Å²) in [5, 5.41) is 0. The van der Waals surface area contributed by atoms with E-state index in [9.17, 15) is 9.59 Å². The fourth-order valence-corrected chi connectivity index (χ4v) is 4.43. The van der Waals surface area contributed by atoms with Crippen LogP contribution >= 0.6 is 0 Å². The highest BCUT2D eigenvalue weighted by atomic mass is 16.2. The van der Waals surface area contributed by atoms with Crippen molar-refractivity contribution in [2.45, 2.75) is 38.1 Å². The number of fused-ring (bicyclic) bond motifs is 2. The monoisotopic (exact) mass is 298 g/mol. The summed E-state index contributed by atoms with van der Waals surface area (Å²) in [5.41, 5.74) is 1.15. The summed E-state index contributed by atoms with van der Waals surface area (Å²) in [7, 11) is 0.